The highest BCUT2D eigenvalue weighted by atomic mass is 19.4. The maximum Gasteiger partial charge on any atom is 0.418 e. The average molecular weight is 496 g/mol. The number of carbonyl (C=O) groups is 1. The molecule has 2 aromatic rings. The minimum atomic E-state index is -4.79. The predicted octanol–water partition coefficient (Wildman–Crippen LogP) is 5.18. The van der Waals surface area contributed by atoms with Crippen molar-refractivity contribution < 1.29 is 31.8 Å². The largest absolute Gasteiger partial charge is 0.493 e. The van der Waals surface area contributed by atoms with E-state index in [1.54, 1.807) is 14.2 Å². The van der Waals surface area contributed by atoms with Gasteiger partial charge in [-0.2, -0.15) is 13.2 Å². The van der Waals surface area contributed by atoms with E-state index >= 15 is 0 Å². The summed E-state index contributed by atoms with van der Waals surface area (Å²) in [5.74, 6) is 0.292. The molecule has 6 nitrogen and oxygen atoms in total. The quantitative estimate of drug-likeness (QED) is 0.562. The molecular weight excluding hydrogens is 466 g/mol. The van der Waals surface area contributed by atoms with Crippen LogP contribution < -0.4 is 20.1 Å². The normalized spacial score (nSPS) is 24.5. The lowest BCUT2D eigenvalue weighted by molar-refractivity contribution is -0.137. The van der Waals surface area contributed by atoms with E-state index in [-0.39, 0.29) is 17.5 Å². The van der Waals surface area contributed by atoms with Crippen molar-refractivity contribution in [2.45, 2.75) is 49.4 Å². The summed E-state index contributed by atoms with van der Waals surface area (Å²) < 4.78 is 64.1. The van der Waals surface area contributed by atoms with Crippen LogP contribution in [-0.4, -0.2) is 50.8 Å². The van der Waals surface area contributed by atoms with Crippen molar-refractivity contribution in [3.63, 3.8) is 0 Å². The Morgan fingerprint density at radius 2 is 1.83 bits per heavy atom. The van der Waals surface area contributed by atoms with Gasteiger partial charge in [-0.15, -0.1) is 0 Å². The Bertz CT molecular complexity index is 1090. The van der Waals surface area contributed by atoms with Gasteiger partial charge in [-0.1, -0.05) is 6.07 Å². The average Bonchev–Trinajstić information content (AvgIpc) is 3.16. The first-order valence-electron chi connectivity index (χ1n) is 11.4. The summed E-state index contributed by atoms with van der Waals surface area (Å²) in [6.07, 6.45) is -1.73. The fourth-order valence-corrected chi connectivity index (χ4v) is 5.60. The molecule has 2 amide bonds. The molecule has 2 N–H and O–H groups in total. The fourth-order valence-electron chi connectivity index (χ4n) is 5.60. The number of anilines is 1. The number of fused-ring (bicyclic) bond motifs is 1. The zero-order valence-electron chi connectivity index (χ0n) is 19.8. The molecule has 10 heteroatoms. The lowest BCUT2D eigenvalue weighted by atomic mass is 9.65. The maximum absolute atomic E-state index is 13.4. The number of rotatable bonds is 5. The summed E-state index contributed by atoms with van der Waals surface area (Å²) in [5, 5.41) is 5.07. The zero-order valence-corrected chi connectivity index (χ0v) is 19.8. The molecule has 1 aliphatic carbocycles. The Morgan fingerprint density at radius 3 is 2.51 bits per heavy atom. The zero-order chi connectivity index (χ0) is 25.4. The van der Waals surface area contributed by atoms with E-state index in [1.165, 1.54) is 0 Å². The number of hydrogen-bond acceptors (Lipinski definition) is 4. The van der Waals surface area contributed by atoms with Crippen LogP contribution in [0.2, 0.25) is 0 Å². The molecule has 1 aliphatic heterocycles. The molecule has 2 aliphatic rings. The van der Waals surface area contributed by atoms with E-state index in [2.05, 4.69) is 21.6 Å². The number of methoxy groups -OCH3 is 2. The fraction of sp³-hybridized carbons (Fsp3) is 0.480. The highest BCUT2D eigenvalue weighted by molar-refractivity contribution is 5.90. The second kappa shape index (κ2) is 9.56. The van der Waals surface area contributed by atoms with Crippen molar-refractivity contribution in [2.24, 2.45) is 0 Å². The van der Waals surface area contributed by atoms with Crippen LogP contribution in [0.15, 0.2) is 36.4 Å². The van der Waals surface area contributed by atoms with Gasteiger partial charge in [-0.3, -0.25) is 0 Å². The van der Waals surface area contributed by atoms with Crippen LogP contribution in [0, 0.1) is 5.82 Å². The SMILES string of the molecule is COc1ccc([C@@]23CC[C@H](NC(=O)Nc4ccc(F)cc4C(F)(F)F)C[C@H]2N(C)CC3)cc1OC. The van der Waals surface area contributed by atoms with Gasteiger partial charge in [0.25, 0.3) is 0 Å². The molecule has 3 atom stereocenters. The molecular formula is C25H29F4N3O3. The minimum absolute atomic E-state index is 0.122. The van der Waals surface area contributed by atoms with E-state index in [0.29, 0.717) is 30.4 Å². The molecule has 2 fully saturated rings. The number of amides is 2. The smallest absolute Gasteiger partial charge is 0.418 e. The van der Waals surface area contributed by atoms with Crippen molar-refractivity contribution in [3.8, 4) is 11.5 Å². The lowest BCUT2D eigenvalue weighted by Crippen LogP contribution is -2.52. The van der Waals surface area contributed by atoms with Gasteiger partial charge in [-0.25, -0.2) is 9.18 Å². The Hall–Kier alpha value is -3.01. The molecule has 4 rings (SSSR count). The summed E-state index contributed by atoms with van der Waals surface area (Å²) in [6, 6.07) is 7.33. The van der Waals surface area contributed by atoms with Crippen LogP contribution >= 0.6 is 0 Å². The van der Waals surface area contributed by atoms with Crippen LogP contribution in [0.25, 0.3) is 0 Å². The van der Waals surface area contributed by atoms with Crippen molar-refractivity contribution >= 4 is 11.7 Å². The molecule has 0 aromatic heterocycles. The number of nitrogens with zero attached hydrogens (tertiary/aromatic N) is 1. The molecule has 0 bridgehead atoms. The second-order valence-electron chi connectivity index (χ2n) is 9.23. The van der Waals surface area contributed by atoms with E-state index < -0.39 is 29.3 Å². The summed E-state index contributed by atoms with van der Waals surface area (Å²) >= 11 is 0. The van der Waals surface area contributed by atoms with Gasteiger partial charge in [0.1, 0.15) is 5.82 Å². The van der Waals surface area contributed by atoms with Gasteiger partial charge in [0, 0.05) is 17.5 Å². The summed E-state index contributed by atoms with van der Waals surface area (Å²) in [5.41, 5.74) is -0.679. The molecule has 190 valence electrons. The monoisotopic (exact) mass is 495 g/mol. The Morgan fingerprint density at radius 1 is 1.09 bits per heavy atom. The summed E-state index contributed by atoms with van der Waals surface area (Å²) in [4.78, 5) is 14.9. The topological polar surface area (TPSA) is 62.8 Å². The number of likely N-dealkylation sites (N-methyl/N-ethyl adjacent to an activating group) is 1. The number of carbonyl (C=O) groups excluding carboxylic acids is 1. The third-order valence-electron chi connectivity index (χ3n) is 7.36. The molecule has 2 aromatic carbocycles. The van der Waals surface area contributed by atoms with Crippen LogP contribution in [-0.2, 0) is 11.6 Å². The number of halogens is 4. The van der Waals surface area contributed by atoms with E-state index in [0.717, 1.165) is 37.1 Å². The van der Waals surface area contributed by atoms with Crippen molar-refractivity contribution in [2.75, 3.05) is 33.1 Å². The van der Waals surface area contributed by atoms with Crippen LogP contribution in [0.1, 0.15) is 36.8 Å². The number of ether oxygens (including phenoxy) is 2. The van der Waals surface area contributed by atoms with Crippen LogP contribution in [0.3, 0.4) is 0 Å². The second-order valence-corrected chi connectivity index (χ2v) is 9.23. The van der Waals surface area contributed by atoms with Gasteiger partial charge in [0.2, 0.25) is 0 Å². The van der Waals surface area contributed by atoms with Gasteiger partial charge in [0.05, 0.1) is 25.5 Å². The van der Waals surface area contributed by atoms with Gasteiger partial charge >= 0.3 is 12.2 Å². The molecule has 35 heavy (non-hydrogen) atoms. The van der Waals surface area contributed by atoms with Crippen LogP contribution in [0.4, 0.5) is 28.0 Å². The third kappa shape index (κ3) is 4.89. The highest BCUT2D eigenvalue weighted by Gasteiger charge is 2.50. The van der Waals surface area contributed by atoms with Crippen molar-refractivity contribution in [3.05, 3.63) is 53.3 Å². The molecule has 1 saturated carbocycles. The van der Waals surface area contributed by atoms with Gasteiger partial charge in [-0.05, 0) is 75.2 Å². The first-order chi connectivity index (χ1) is 16.6. The lowest BCUT2D eigenvalue weighted by Gasteiger charge is -2.45. The number of nitrogens with one attached hydrogen (secondary N) is 2. The first kappa shape index (κ1) is 25.1. The number of likely N-dealkylation sites (tertiary alicyclic amines) is 1. The minimum Gasteiger partial charge on any atom is -0.493 e. The van der Waals surface area contributed by atoms with Crippen molar-refractivity contribution in [1.29, 1.82) is 0 Å². The standard InChI is InChI=1S/C25H29F4N3O3/c1-32-11-10-24(15-4-7-20(34-2)21(12-15)35-3)9-8-17(14-22(24)32)30-23(33)31-19-6-5-16(26)13-18(19)25(27,28)29/h4-7,12-13,17,22H,8-11,14H2,1-3H3,(H2,30,31,33)/t17-,22+,24-/m0/s1. The molecule has 1 heterocycles. The summed E-state index contributed by atoms with van der Waals surface area (Å²) in [6.45, 7) is 0.891. The van der Waals surface area contributed by atoms with Crippen LogP contribution in [0.5, 0.6) is 11.5 Å². The highest BCUT2D eigenvalue weighted by Crippen LogP contribution is 2.50. The molecule has 0 spiro atoms. The molecule has 1 saturated heterocycles. The summed E-state index contributed by atoms with van der Waals surface area (Å²) in [7, 11) is 5.24. The first-order valence-corrected chi connectivity index (χ1v) is 11.4. The van der Waals surface area contributed by atoms with Gasteiger partial charge in [0.15, 0.2) is 11.5 Å². The Labute approximate surface area is 201 Å². The molecule has 0 unspecified atom stereocenters. The van der Waals surface area contributed by atoms with E-state index in [4.69, 9.17) is 9.47 Å². The van der Waals surface area contributed by atoms with E-state index in [1.807, 2.05) is 19.2 Å². The van der Waals surface area contributed by atoms with Gasteiger partial charge < -0.3 is 25.0 Å². The molecule has 0 radical (unpaired) electrons. The third-order valence-corrected chi connectivity index (χ3v) is 7.36. The maximum atomic E-state index is 13.4. The predicted molar refractivity (Wildman–Crippen MR) is 123 cm³/mol. The Kier molecular flexibility index (Phi) is 6.86. The number of benzene rings is 2. The number of urea groups is 1. The van der Waals surface area contributed by atoms with Crippen molar-refractivity contribution in [1.82, 2.24) is 10.2 Å². The Balaban J connectivity index is 1.49. The number of alkyl halides is 3. The number of hydrogen-bond donors (Lipinski definition) is 2. The van der Waals surface area contributed by atoms with E-state index in [9.17, 15) is 22.4 Å².